The smallest absolute Gasteiger partial charge is 0.0948 e. The summed E-state index contributed by atoms with van der Waals surface area (Å²) in [5.41, 5.74) is 4.26. The number of rotatable bonds is 4. The maximum atomic E-state index is 4.22. The molecule has 0 fully saturated rings. The molecule has 3 nitrogen and oxygen atoms in total. The predicted octanol–water partition coefficient (Wildman–Crippen LogP) is 3.07. The number of hydrogen-bond donors (Lipinski definition) is 1. The molecular weight excluding hydrogens is 234 g/mol. The largest absolute Gasteiger partial charge is 0.334 e. The highest BCUT2D eigenvalue weighted by Crippen LogP contribution is 2.29. The Kier molecular flexibility index (Phi) is 3.65. The van der Waals surface area contributed by atoms with Crippen molar-refractivity contribution in [3.05, 3.63) is 53.6 Å². The quantitative estimate of drug-likeness (QED) is 0.910. The second-order valence-electron chi connectivity index (χ2n) is 5.20. The molecule has 1 unspecified atom stereocenters. The molecule has 100 valence electrons. The van der Waals surface area contributed by atoms with Gasteiger partial charge in [-0.25, -0.2) is 4.98 Å². The molecule has 3 heteroatoms. The van der Waals surface area contributed by atoms with Gasteiger partial charge in [0.1, 0.15) is 0 Å². The number of fused-ring (bicyclic) bond motifs is 1. The van der Waals surface area contributed by atoms with E-state index >= 15 is 0 Å². The van der Waals surface area contributed by atoms with E-state index in [1.165, 1.54) is 36.1 Å². The van der Waals surface area contributed by atoms with Gasteiger partial charge in [-0.3, -0.25) is 0 Å². The second kappa shape index (κ2) is 5.57. The van der Waals surface area contributed by atoms with Gasteiger partial charge in [-0.1, -0.05) is 24.3 Å². The van der Waals surface area contributed by atoms with E-state index in [0.29, 0.717) is 6.04 Å². The summed E-state index contributed by atoms with van der Waals surface area (Å²) >= 11 is 0. The summed E-state index contributed by atoms with van der Waals surface area (Å²) in [6.45, 7) is 4.03. The first kappa shape index (κ1) is 12.4. The third-order valence-electron chi connectivity index (χ3n) is 4.04. The molecular formula is C16H21N3. The summed E-state index contributed by atoms with van der Waals surface area (Å²) in [6, 6.07) is 9.32. The van der Waals surface area contributed by atoms with Crippen LogP contribution in [-0.4, -0.2) is 9.55 Å². The zero-order chi connectivity index (χ0) is 13.1. The van der Waals surface area contributed by atoms with Gasteiger partial charge in [0, 0.05) is 25.3 Å². The van der Waals surface area contributed by atoms with Crippen LogP contribution in [0.4, 0.5) is 0 Å². The van der Waals surface area contributed by atoms with Gasteiger partial charge in [0.2, 0.25) is 0 Å². The van der Waals surface area contributed by atoms with Crippen LogP contribution in [-0.2, 0) is 19.5 Å². The number of benzene rings is 1. The van der Waals surface area contributed by atoms with E-state index in [9.17, 15) is 0 Å². The number of hydrogen-bond acceptors (Lipinski definition) is 2. The fourth-order valence-electron chi connectivity index (χ4n) is 2.97. The monoisotopic (exact) mass is 255 g/mol. The van der Waals surface area contributed by atoms with Crippen LogP contribution < -0.4 is 5.32 Å². The van der Waals surface area contributed by atoms with Gasteiger partial charge in [-0.15, -0.1) is 0 Å². The van der Waals surface area contributed by atoms with Crippen molar-refractivity contribution in [2.75, 3.05) is 0 Å². The van der Waals surface area contributed by atoms with Crippen LogP contribution in [0, 0.1) is 0 Å². The summed E-state index contributed by atoms with van der Waals surface area (Å²) < 4.78 is 2.20. The SMILES string of the molecule is CCn1cncc1CNC1CCCc2ccccc21. The molecule has 1 aliphatic carbocycles. The minimum absolute atomic E-state index is 0.491. The van der Waals surface area contributed by atoms with Crippen LogP contribution in [0.25, 0.3) is 0 Å². The average molecular weight is 255 g/mol. The Morgan fingerprint density at radius 2 is 2.26 bits per heavy atom. The first-order valence-electron chi connectivity index (χ1n) is 7.18. The van der Waals surface area contributed by atoms with Gasteiger partial charge in [0.05, 0.1) is 12.0 Å². The molecule has 0 amide bonds. The van der Waals surface area contributed by atoms with Crippen LogP contribution >= 0.6 is 0 Å². The maximum absolute atomic E-state index is 4.22. The first-order chi connectivity index (χ1) is 9.38. The fraction of sp³-hybridized carbons (Fsp3) is 0.438. The number of aromatic nitrogens is 2. The van der Waals surface area contributed by atoms with E-state index in [1.807, 2.05) is 12.5 Å². The van der Waals surface area contributed by atoms with Gasteiger partial charge < -0.3 is 9.88 Å². The summed E-state index contributed by atoms with van der Waals surface area (Å²) in [4.78, 5) is 4.22. The molecule has 0 aliphatic heterocycles. The van der Waals surface area contributed by atoms with Crippen molar-refractivity contribution in [2.45, 2.75) is 45.3 Å². The zero-order valence-electron chi connectivity index (χ0n) is 11.5. The topological polar surface area (TPSA) is 29.9 Å². The van der Waals surface area contributed by atoms with Crippen molar-refractivity contribution < 1.29 is 0 Å². The Hall–Kier alpha value is -1.61. The lowest BCUT2D eigenvalue weighted by Crippen LogP contribution is -2.25. The molecule has 1 N–H and O–H groups in total. The van der Waals surface area contributed by atoms with E-state index in [2.05, 4.69) is 46.1 Å². The van der Waals surface area contributed by atoms with Gasteiger partial charge in [-0.05, 0) is 37.3 Å². The van der Waals surface area contributed by atoms with Crippen molar-refractivity contribution in [3.63, 3.8) is 0 Å². The number of aryl methyl sites for hydroxylation is 2. The third-order valence-corrected chi connectivity index (χ3v) is 4.04. The van der Waals surface area contributed by atoms with Gasteiger partial charge >= 0.3 is 0 Å². The molecule has 0 spiro atoms. The summed E-state index contributed by atoms with van der Waals surface area (Å²) in [6.07, 6.45) is 7.61. The Morgan fingerprint density at radius 3 is 3.16 bits per heavy atom. The summed E-state index contributed by atoms with van der Waals surface area (Å²) in [7, 11) is 0. The lowest BCUT2D eigenvalue weighted by molar-refractivity contribution is 0.451. The van der Waals surface area contributed by atoms with Gasteiger partial charge in [0.15, 0.2) is 0 Å². The molecule has 1 aliphatic rings. The minimum atomic E-state index is 0.491. The highest BCUT2D eigenvalue weighted by atomic mass is 15.1. The molecule has 1 aromatic heterocycles. The normalized spacial score (nSPS) is 18.3. The lowest BCUT2D eigenvalue weighted by atomic mass is 9.88. The Balaban J connectivity index is 1.71. The van der Waals surface area contributed by atoms with Crippen LogP contribution in [0.15, 0.2) is 36.8 Å². The Labute approximate surface area is 114 Å². The molecule has 3 rings (SSSR count). The van der Waals surface area contributed by atoms with Crippen LogP contribution in [0.5, 0.6) is 0 Å². The van der Waals surface area contributed by atoms with Crippen molar-refractivity contribution >= 4 is 0 Å². The highest BCUT2D eigenvalue weighted by Gasteiger charge is 2.19. The standard InChI is InChI=1S/C16H21N3/c1-2-19-12-17-10-14(19)11-18-16-9-5-7-13-6-3-4-8-15(13)16/h3-4,6,8,10,12,16,18H,2,5,7,9,11H2,1H3. The van der Waals surface area contributed by atoms with Crippen LogP contribution in [0.3, 0.4) is 0 Å². The molecule has 0 saturated heterocycles. The van der Waals surface area contributed by atoms with Crippen LogP contribution in [0.1, 0.15) is 42.6 Å². The third kappa shape index (κ3) is 2.56. The molecule has 0 radical (unpaired) electrons. The van der Waals surface area contributed by atoms with E-state index in [1.54, 1.807) is 0 Å². The fourth-order valence-corrected chi connectivity index (χ4v) is 2.97. The lowest BCUT2D eigenvalue weighted by Gasteiger charge is -2.26. The molecule has 0 saturated carbocycles. The van der Waals surface area contributed by atoms with Crippen molar-refractivity contribution in [1.82, 2.24) is 14.9 Å². The molecule has 2 aromatic rings. The number of nitrogens with zero attached hydrogens (tertiary/aromatic N) is 2. The highest BCUT2D eigenvalue weighted by molar-refractivity contribution is 5.32. The molecule has 1 atom stereocenters. The van der Waals surface area contributed by atoms with E-state index in [4.69, 9.17) is 0 Å². The minimum Gasteiger partial charge on any atom is -0.334 e. The van der Waals surface area contributed by atoms with Crippen LogP contribution in [0.2, 0.25) is 0 Å². The van der Waals surface area contributed by atoms with Gasteiger partial charge in [-0.2, -0.15) is 0 Å². The average Bonchev–Trinajstić information content (AvgIpc) is 2.92. The van der Waals surface area contributed by atoms with E-state index in [-0.39, 0.29) is 0 Å². The Bertz CT molecular complexity index is 544. The van der Waals surface area contributed by atoms with Gasteiger partial charge in [0.25, 0.3) is 0 Å². The number of nitrogens with one attached hydrogen (secondary N) is 1. The number of imidazole rings is 1. The molecule has 1 heterocycles. The maximum Gasteiger partial charge on any atom is 0.0948 e. The van der Waals surface area contributed by atoms with Crippen molar-refractivity contribution in [1.29, 1.82) is 0 Å². The van der Waals surface area contributed by atoms with Crippen molar-refractivity contribution in [3.8, 4) is 0 Å². The summed E-state index contributed by atoms with van der Waals surface area (Å²) in [5.74, 6) is 0. The molecule has 19 heavy (non-hydrogen) atoms. The predicted molar refractivity (Wildman–Crippen MR) is 76.9 cm³/mol. The molecule has 0 bridgehead atoms. The Morgan fingerprint density at radius 1 is 1.37 bits per heavy atom. The zero-order valence-corrected chi connectivity index (χ0v) is 11.5. The van der Waals surface area contributed by atoms with Crippen molar-refractivity contribution in [2.24, 2.45) is 0 Å². The summed E-state index contributed by atoms with van der Waals surface area (Å²) in [5, 5.41) is 3.69. The van der Waals surface area contributed by atoms with E-state index in [0.717, 1.165) is 13.1 Å². The second-order valence-corrected chi connectivity index (χ2v) is 5.20. The first-order valence-corrected chi connectivity index (χ1v) is 7.18. The molecule has 1 aromatic carbocycles. The van der Waals surface area contributed by atoms with E-state index < -0.39 is 0 Å².